The highest BCUT2D eigenvalue weighted by Crippen LogP contribution is 2.28. The molecule has 7 heteroatoms. The largest absolute Gasteiger partial charge is 0.479 e. The van der Waals surface area contributed by atoms with Crippen LogP contribution in [0.5, 0.6) is 5.75 Å². The minimum atomic E-state index is -0.778. The molecule has 0 aliphatic heterocycles. The van der Waals surface area contributed by atoms with Gasteiger partial charge in [-0.1, -0.05) is 48.3 Å². The van der Waals surface area contributed by atoms with E-state index in [-0.39, 0.29) is 11.0 Å². The molecule has 2 N–H and O–H groups in total. The van der Waals surface area contributed by atoms with Gasteiger partial charge in [0.15, 0.2) is 11.2 Å². The molecular formula is C18H18Cl2N2O2S. The Labute approximate surface area is 162 Å². The van der Waals surface area contributed by atoms with Crippen molar-refractivity contribution in [3.8, 4) is 5.75 Å². The van der Waals surface area contributed by atoms with Crippen LogP contribution in [0, 0.1) is 0 Å². The molecule has 0 saturated carbocycles. The van der Waals surface area contributed by atoms with Crippen molar-refractivity contribution in [1.82, 2.24) is 5.32 Å². The van der Waals surface area contributed by atoms with E-state index in [0.29, 0.717) is 15.8 Å². The summed E-state index contributed by atoms with van der Waals surface area (Å²) >= 11 is 17.1. The number of benzene rings is 2. The molecule has 0 bridgehead atoms. The van der Waals surface area contributed by atoms with Crippen LogP contribution < -0.4 is 15.4 Å². The molecule has 25 heavy (non-hydrogen) atoms. The highest BCUT2D eigenvalue weighted by Gasteiger charge is 2.17. The van der Waals surface area contributed by atoms with Crippen molar-refractivity contribution in [1.29, 1.82) is 0 Å². The van der Waals surface area contributed by atoms with Gasteiger partial charge in [-0.2, -0.15) is 0 Å². The molecule has 1 atom stereocenters. The Morgan fingerprint density at radius 3 is 2.64 bits per heavy atom. The van der Waals surface area contributed by atoms with Gasteiger partial charge in [0.25, 0.3) is 5.91 Å². The van der Waals surface area contributed by atoms with E-state index in [2.05, 4.69) is 10.6 Å². The number of anilines is 1. The fourth-order valence-electron chi connectivity index (χ4n) is 2.13. The van der Waals surface area contributed by atoms with E-state index < -0.39 is 6.10 Å². The van der Waals surface area contributed by atoms with Gasteiger partial charge in [0, 0.05) is 10.7 Å². The quantitative estimate of drug-likeness (QED) is 0.710. The van der Waals surface area contributed by atoms with Crippen LogP contribution in [-0.4, -0.2) is 17.1 Å². The second-order valence-corrected chi connectivity index (χ2v) is 6.54. The smallest absolute Gasteiger partial charge is 0.266 e. The molecular weight excluding hydrogens is 379 g/mol. The summed E-state index contributed by atoms with van der Waals surface area (Å²) in [4.78, 5) is 12.2. The number of rotatable bonds is 5. The zero-order valence-electron chi connectivity index (χ0n) is 13.8. The monoisotopic (exact) mass is 396 g/mol. The maximum atomic E-state index is 12.2. The molecule has 2 rings (SSSR count). The summed E-state index contributed by atoms with van der Waals surface area (Å²) in [5, 5.41) is 6.69. The fraction of sp³-hybridized carbons (Fsp3) is 0.222. The number of thiocarbonyl (C=S) groups is 1. The molecule has 0 aliphatic carbocycles. The standard InChI is InChI=1S/C18H18Cl2N2O2S/c1-3-12-6-4-5-7-15(12)21-18(25)22-17(23)11(2)24-16-9-8-13(19)10-14(16)20/h4-11H,3H2,1-2H3,(H2,21,22,23,25)/t11-/m1/s1. The van der Waals surface area contributed by atoms with Crippen LogP contribution in [0.1, 0.15) is 19.4 Å². The first kappa shape index (κ1) is 19.5. The Balaban J connectivity index is 1.95. The molecule has 2 aromatic rings. The van der Waals surface area contributed by atoms with Crippen LogP contribution in [0.25, 0.3) is 0 Å². The molecule has 132 valence electrons. The first-order chi connectivity index (χ1) is 11.9. The molecule has 2 aromatic carbocycles. The fourth-order valence-corrected chi connectivity index (χ4v) is 2.80. The van der Waals surface area contributed by atoms with Crippen LogP contribution in [0.2, 0.25) is 10.0 Å². The first-order valence-corrected chi connectivity index (χ1v) is 8.88. The second-order valence-electron chi connectivity index (χ2n) is 5.29. The van der Waals surface area contributed by atoms with Crippen molar-refractivity contribution < 1.29 is 9.53 Å². The average molecular weight is 397 g/mol. The summed E-state index contributed by atoms with van der Waals surface area (Å²) in [7, 11) is 0. The van der Waals surface area contributed by atoms with Gasteiger partial charge in [-0.25, -0.2) is 0 Å². The molecule has 0 spiro atoms. The summed E-state index contributed by atoms with van der Waals surface area (Å²) < 4.78 is 5.57. The molecule has 0 saturated heterocycles. The molecule has 0 heterocycles. The van der Waals surface area contributed by atoms with Gasteiger partial charge in [0.2, 0.25) is 0 Å². The van der Waals surface area contributed by atoms with E-state index in [1.807, 2.05) is 31.2 Å². The Morgan fingerprint density at radius 1 is 1.24 bits per heavy atom. The predicted molar refractivity (Wildman–Crippen MR) is 107 cm³/mol. The predicted octanol–water partition coefficient (Wildman–Crippen LogP) is 4.84. The Bertz CT molecular complexity index is 783. The summed E-state index contributed by atoms with van der Waals surface area (Å²) in [6.07, 6.45) is 0.0775. The van der Waals surface area contributed by atoms with E-state index >= 15 is 0 Å². The molecule has 0 aliphatic rings. The van der Waals surface area contributed by atoms with Crippen LogP contribution in [0.4, 0.5) is 5.69 Å². The number of hydrogen-bond donors (Lipinski definition) is 2. The van der Waals surface area contributed by atoms with Crippen molar-refractivity contribution >= 4 is 52.1 Å². The number of carbonyl (C=O) groups excluding carboxylic acids is 1. The van der Waals surface area contributed by atoms with Gasteiger partial charge in [-0.3, -0.25) is 10.1 Å². The van der Waals surface area contributed by atoms with Gasteiger partial charge in [-0.05, 0) is 55.4 Å². The van der Waals surface area contributed by atoms with Gasteiger partial charge < -0.3 is 10.1 Å². The Kier molecular flexibility index (Phi) is 7.05. The highest BCUT2D eigenvalue weighted by molar-refractivity contribution is 7.80. The minimum absolute atomic E-state index is 0.212. The van der Waals surface area contributed by atoms with Crippen molar-refractivity contribution in [2.45, 2.75) is 26.4 Å². The van der Waals surface area contributed by atoms with Crippen LogP contribution >= 0.6 is 35.4 Å². The SMILES string of the molecule is CCc1ccccc1NC(=S)NC(=O)[C@@H](C)Oc1ccc(Cl)cc1Cl. The third kappa shape index (κ3) is 5.59. The number of amides is 1. The van der Waals surface area contributed by atoms with Gasteiger partial charge in [-0.15, -0.1) is 0 Å². The van der Waals surface area contributed by atoms with Gasteiger partial charge >= 0.3 is 0 Å². The lowest BCUT2D eigenvalue weighted by atomic mass is 10.1. The summed E-state index contributed by atoms with van der Waals surface area (Å²) in [5.41, 5.74) is 1.97. The first-order valence-electron chi connectivity index (χ1n) is 7.72. The number of halogens is 2. The lowest BCUT2D eigenvalue weighted by molar-refractivity contribution is -0.125. The summed E-state index contributed by atoms with van der Waals surface area (Å²) in [6.45, 7) is 3.66. The Morgan fingerprint density at radius 2 is 1.96 bits per heavy atom. The number of nitrogens with one attached hydrogen (secondary N) is 2. The number of para-hydroxylation sites is 1. The number of hydrogen-bond acceptors (Lipinski definition) is 3. The van der Waals surface area contributed by atoms with Crippen LogP contribution in [-0.2, 0) is 11.2 Å². The Hall–Kier alpha value is -1.82. The average Bonchev–Trinajstić information content (AvgIpc) is 2.57. The van der Waals surface area contributed by atoms with Crippen molar-refractivity contribution in [2.75, 3.05) is 5.32 Å². The minimum Gasteiger partial charge on any atom is -0.479 e. The van der Waals surface area contributed by atoms with Crippen molar-refractivity contribution in [3.05, 3.63) is 58.1 Å². The topological polar surface area (TPSA) is 50.4 Å². The van der Waals surface area contributed by atoms with Crippen LogP contribution in [0.15, 0.2) is 42.5 Å². The van der Waals surface area contributed by atoms with Crippen LogP contribution in [0.3, 0.4) is 0 Å². The van der Waals surface area contributed by atoms with Crippen molar-refractivity contribution in [2.24, 2.45) is 0 Å². The van der Waals surface area contributed by atoms with Gasteiger partial charge in [0.05, 0.1) is 5.02 Å². The molecule has 0 fully saturated rings. The van der Waals surface area contributed by atoms with Gasteiger partial charge in [0.1, 0.15) is 5.75 Å². The third-order valence-corrected chi connectivity index (χ3v) is 4.18. The number of ether oxygens (including phenoxy) is 1. The normalized spacial score (nSPS) is 11.5. The molecule has 0 radical (unpaired) electrons. The van der Waals surface area contributed by atoms with E-state index in [1.165, 1.54) is 0 Å². The summed E-state index contributed by atoms with van der Waals surface area (Å²) in [5.74, 6) is 0.00131. The molecule has 4 nitrogen and oxygen atoms in total. The zero-order valence-corrected chi connectivity index (χ0v) is 16.1. The lowest BCUT2D eigenvalue weighted by Gasteiger charge is -2.17. The van der Waals surface area contributed by atoms with E-state index in [1.54, 1.807) is 25.1 Å². The highest BCUT2D eigenvalue weighted by atomic mass is 35.5. The zero-order chi connectivity index (χ0) is 18.4. The van der Waals surface area contributed by atoms with E-state index in [4.69, 9.17) is 40.2 Å². The van der Waals surface area contributed by atoms with Crippen molar-refractivity contribution in [3.63, 3.8) is 0 Å². The van der Waals surface area contributed by atoms with E-state index in [0.717, 1.165) is 17.7 Å². The third-order valence-electron chi connectivity index (χ3n) is 3.45. The van der Waals surface area contributed by atoms with E-state index in [9.17, 15) is 4.79 Å². The molecule has 1 amide bonds. The second kappa shape index (κ2) is 9.04. The molecule has 0 unspecified atom stereocenters. The molecule has 0 aromatic heterocycles. The maximum Gasteiger partial charge on any atom is 0.266 e. The maximum absolute atomic E-state index is 12.2. The lowest BCUT2D eigenvalue weighted by Crippen LogP contribution is -2.42. The summed E-state index contributed by atoms with van der Waals surface area (Å²) in [6, 6.07) is 12.6. The number of aryl methyl sites for hydroxylation is 1. The number of carbonyl (C=O) groups is 1.